The lowest BCUT2D eigenvalue weighted by atomic mass is 9.96. The smallest absolute Gasteiger partial charge is 0.341 e. The van der Waals surface area contributed by atoms with E-state index in [0.717, 1.165) is 22.6 Å². The molecule has 0 aliphatic rings. The van der Waals surface area contributed by atoms with Crippen molar-refractivity contribution in [3.63, 3.8) is 0 Å². The van der Waals surface area contributed by atoms with Crippen LogP contribution < -0.4 is 4.74 Å². The summed E-state index contributed by atoms with van der Waals surface area (Å²) in [6.45, 7) is 3.85. The summed E-state index contributed by atoms with van der Waals surface area (Å²) in [6, 6.07) is 24.9. The Hall–Kier alpha value is -2.98. The molecule has 3 nitrogen and oxygen atoms in total. The lowest BCUT2D eigenvalue weighted by Gasteiger charge is -2.11. The van der Waals surface area contributed by atoms with Crippen molar-refractivity contribution in [1.82, 2.24) is 0 Å². The molecule has 4 heteroatoms. The van der Waals surface area contributed by atoms with Gasteiger partial charge in [0.1, 0.15) is 5.75 Å². The number of hydrogen-bond acceptors (Lipinski definition) is 3. The molecule has 0 heterocycles. The average molecular weight is 419 g/mol. The minimum Gasteiger partial charge on any atom is -0.482 e. The summed E-state index contributed by atoms with van der Waals surface area (Å²) in [5.74, 6) is 0.433. The minimum atomic E-state index is -0.975. The van der Waals surface area contributed by atoms with Crippen molar-refractivity contribution >= 4 is 23.3 Å². The van der Waals surface area contributed by atoms with E-state index < -0.39 is 5.97 Å². The fraction of sp³-hybridized carbons (Fsp3) is 0.192. The van der Waals surface area contributed by atoms with Gasteiger partial charge in [-0.05, 0) is 59.4 Å². The second kappa shape index (κ2) is 10.7. The largest absolute Gasteiger partial charge is 0.482 e. The van der Waals surface area contributed by atoms with Gasteiger partial charge in [0.25, 0.3) is 0 Å². The van der Waals surface area contributed by atoms with E-state index >= 15 is 0 Å². The number of carbonyl (C=O) groups is 1. The molecule has 3 aromatic rings. The summed E-state index contributed by atoms with van der Waals surface area (Å²) in [4.78, 5) is 11.8. The van der Waals surface area contributed by atoms with Gasteiger partial charge >= 0.3 is 5.97 Å². The highest BCUT2D eigenvalue weighted by Gasteiger charge is 2.07. The molecular formula is C26H26O3S. The third-order valence-electron chi connectivity index (χ3n) is 4.79. The third kappa shape index (κ3) is 6.01. The van der Waals surface area contributed by atoms with Gasteiger partial charge in [-0.3, -0.25) is 0 Å². The van der Waals surface area contributed by atoms with Crippen molar-refractivity contribution in [2.24, 2.45) is 0 Å². The van der Waals surface area contributed by atoms with Gasteiger partial charge in [-0.15, -0.1) is 11.8 Å². The van der Waals surface area contributed by atoms with Gasteiger partial charge in [0.2, 0.25) is 0 Å². The highest BCUT2D eigenvalue weighted by molar-refractivity contribution is 7.99. The molecule has 0 aromatic heterocycles. The van der Waals surface area contributed by atoms with Gasteiger partial charge in [0.05, 0.1) is 0 Å². The Labute approximate surface area is 182 Å². The number of carboxylic acid groups (broad SMARTS) is 1. The fourth-order valence-corrected chi connectivity index (χ4v) is 4.05. The molecule has 0 saturated heterocycles. The molecular weight excluding hydrogens is 392 g/mol. The maximum atomic E-state index is 10.7. The molecule has 154 valence electrons. The van der Waals surface area contributed by atoms with Crippen LogP contribution in [-0.4, -0.2) is 23.4 Å². The van der Waals surface area contributed by atoms with Crippen LogP contribution in [0.1, 0.15) is 29.2 Å². The van der Waals surface area contributed by atoms with Crippen LogP contribution in [0.2, 0.25) is 0 Å². The Bertz CT molecular complexity index is 1010. The highest BCUT2D eigenvalue weighted by Crippen LogP contribution is 2.29. The van der Waals surface area contributed by atoms with E-state index in [1.165, 1.54) is 22.3 Å². The van der Waals surface area contributed by atoms with Crippen molar-refractivity contribution in [1.29, 1.82) is 0 Å². The van der Waals surface area contributed by atoms with Gasteiger partial charge in [0, 0.05) is 10.6 Å². The van der Waals surface area contributed by atoms with Crippen molar-refractivity contribution in [2.75, 3.05) is 12.4 Å². The van der Waals surface area contributed by atoms with Gasteiger partial charge in [-0.1, -0.05) is 67.6 Å². The summed E-state index contributed by atoms with van der Waals surface area (Å²) < 4.78 is 5.26. The monoisotopic (exact) mass is 418 g/mol. The molecule has 0 atom stereocenters. The summed E-state index contributed by atoms with van der Waals surface area (Å²) in [5, 5.41) is 8.75. The molecule has 0 amide bonds. The third-order valence-corrected chi connectivity index (χ3v) is 5.90. The Morgan fingerprint density at radius 2 is 1.70 bits per heavy atom. The first kappa shape index (κ1) is 21.7. The van der Waals surface area contributed by atoms with Gasteiger partial charge < -0.3 is 9.84 Å². The Kier molecular flexibility index (Phi) is 7.75. The molecule has 0 aliphatic heterocycles. The zero-order chi connectivity index (χ0) is 21.3. The van der Waals surface area contributed by atoms with E-state index in [-0.39, 0.29) is 6.61 Å². The molecule has 0 saturated carbocycles. The van der Waals surface area contributed by atoms with Crippen LogP contribution in [0.4, 0.5) is 0 Å². The van der Waals surface area contributed by atoms with E-state index in [2.05, 4.69) is 61.5 Å². The van der Waals surface area contributed by atoms with Crippen LogP contribution in [0.15, 0.2) is 83.8 Å². The summed E-state index contributed by atoms with van der Waals surface area (Å²) in [6.07, 6.45) is 3.31. The predicted octanol–water partition coefficient (Wildman–Crippen LogP) is 6.24. The molecule has 0 bridgehead atoms. The minimum absolute atomic E-state index is 0.327. The second-order valence-electron chi connectivity index (χ2n) is 6.96. The van der Waals surface area contributed by atoms with Crippen LogP contribution in [0, 0.1) is 6.92 Å². The van der Waals surface area contributed by atoms with E-state index in [1.54, 1.807) is 11.8 Å². The summed E-state index contributed by atoms with van der Waals surface area (Å²) in [5.41, 5.74) is 6.06. The quantitative estimate of drug-likeness (QED) is 0.418. The molecule has 0 radical (unpaired) electrons. The first-order chi connectivity index (χ1) is 14.6. The van der Waals surface area contributed by atoms with Crippen molar-refractivity contribution in [2.45, 2.75) is 25.2 Å². The number of hydrogen-bond donors (Lipinski definition) is 1. The fourth-order valence-electron chi connectivity index (χ4n) is 3.17. The maximum Gasteiger partial charge on any atom is 0.341 e. The predicted molar refractivity (Wildman–Crippen MR) is 124 cm³/mol. The van der Waals surface area contributed by atoms with E-state index in [4.69, 9.17) is 9.84 Å². The van der Waals surface area contributed by atoms with Crippen molar-refractivity contribution in [3.05, 3.63) is 101 Å². The number of aryl methyl sites for hydroxylation is 2. The van der Waals surface area contributed by atoms with E-state index in [0.29, 0.717) is 5.75 Å². The molecule has 30 heavy (non-hydrogen) atoms. The van der Waals surface area contributed by atoms with Gasteiger partial charge in [0.15, 0.2) is 6.61 Å². The van der Waals surface area contributed by atoms with E-state index in [9.17, 15) is 4.79 Å². The van der Waals surface area contributed by atoms with Crippen LogP contribution in [0.5, 0.6) is 5.75 Å². The summed E-state index contributed by atoms with van der Waals surface area (Å²) >= 11 is 1.76. The number of benzene rings is 3. The highest BCUT2D eigenvalue weighted by atomic mass is 32.2. The number of carboxylic acids is 1. The molecule has 0 unspecified atom stereocenters. The zero-order valence-electron chi connectivity index (χ0n) is 17.3. The SMILES string of the molecule is CCc1ccc(C(=CCSc2ccc(OCC(=O)O)cc2C)c2ccccc2)cc1. The number of thioether (sulfide) groups is 1. The van der Waals surface area contributed by atoms with E-state index in [1.807, 2.05) is 31.2 Å². The number of ether oxygens (including phenoxy) is 1. The topological polar surface area (TPSA) is 46.5 Å². The molecule has 1 N–H and O–H groups in total. The average Bonchev–Trinajstić information content (AvgIpc) is 2.77. The Morgan fingerprint density at radius 3 is 2.33 bits per heavy atom. The zero-order valence-corrected chi connectivity index (χ0v) is 18.1. The second-order valence-corrected chi connectivity index (χ2v) is 8.02. The molecule has 0 aliphatic carbocycles. The molecule has 3 rings (SSSR count). The Morgan fingerprint density at radius 1 is 1.00 bits per heavy atom. The number of aliphatic carboxylic acids is 1. The lowest BCUT2D eigenvalue weighted by Crippen LogP contribution is -2.09. The van der Waals surface area contributed by atoms with Crippen molar-refractivity contribution in [3.8, 4) is 5.75 Å². The molecule has 0 spiro atoms. The standard InChI is InChI=1S/C26H26O3S/c1-3-20-9-11-22(12-10-20)24(21-7-5-4-6-8-21)15-16-30-25-14-13-23(17-19(25)2)29-18-26(27)28/h4-15,17H,3,16,18H2,1-2H3,(H,27,28). The normalized spacial score (nSPS) is 11.3. The maximum absolute atomic E-state index is 10.7. The molecule has 0 fully saturated rings. The van der Waals surface area contributed by atoms with Crippen LogP contribution >= 0.6 is 11.8 Å². The van der Waals surface area contributed by atoms with Gasteiger partial charge in [-0.25, -0.2) is 4.79 Å². The van der Waals surface area contributed by atoms with Gasteiger partial charge in [-0.2, -0.15) is 0 Å². The van der Waals surface area contributed by atoms with Crippen LogP contribution in [0.25, 0.3) is 5.57 Å². The first-order valence-corrected chi connectivity index (χ1v) is 11.0. The molecule has 3 aromatic carbocycles. The number of rotatable bonds is 9. The Balaban J connectivity index is 1.77. The van der Waals surface area contributed by atoms with Crippen LogP contribution in [-0.2, 0) is 11.2 Å². The lowest BCUT2D eigenvalue weighted by molar-refractivity contribution is -0.139. The van der Waals surface area contributed by atoms with Crippen molar-refractivity contribution < 1.29 is 14.6 Å². The first-order valence-electron chi connectivity index (χ1n) is 9.99. The van der Waals surface area contributed by atoms with Crippen LogP contribution in [0.3, 0.4) is 0 Å². The summed E-state index contributed by atoms with van der Waals surface area (Å²) in [7, 11) is 0.